The van der Waals surface area contributed by atoms with Gasteiger partial charge in [0.05, 0.1) is 0 Å². The molecule has 0 radical (unpaired) electrons. The van der Waals surface area contributed by atoms with Gasteiger partial charge in [-0.25, -0.2) is 0 Å². The molecule has 0 atom stereocenters. The van der Waals surface area contributed by atoms with Crippen LogP contribution in [0.15, 0.2) is 0 Å². The molecule has 1 heterocycles. The van der Waals surface area contributed by atoms with Crippen LogP contribution in [-0.2, 0) is 0 Å². The summed E-state index contributed by atoms with van der Waals surface area (Å²) in [6.07, 6.45) is 8.10. The average Bonchev–Trinajstić information content (AvgIpc) is 2.36. The Balaban J connectivity index is 1.99. The second-order valence-electron chi connectivity index (χ2n) is 5.96. The van der Waals surface area contributed by atoms with Crippen molar-refractivity contribution < 1.29 is 0 Å². The Kier molecular flexibility index (Phi) is 7.14. The lowest BCUT2D eigenvalue weighted by Crippen LogP contribution is -2.39. The number of rotatable bonds is 8. The molecule has 1 aliphatic rings. The molecule has 102 valence electrons. The van der Waals surface area contributed by atoms with Gasteiger partial charge in [0.2, 0.25) is 0 Å². The number of unbranched alkanes of at least 4 members (excludes halogenated alkanes) is 1. The van der Waals surface area contributed by atoms with Crippen LogP contribution < -0.4 is 5.32 Å². The standard InChI is InChI=1S/C15H32N2/c1-4-10-16-11-6-7-12-17-13-8-15(3,5-2)9-14-17/h16H,4-14H2,1-3H3. The van der Waals surface area contributed by atoms with E-state index >= 15 is 0 Å². The molecule has 0 aromatic heterocycles. The Labute approximate surface area is 108 Å². The Hall–Kier alpha value is -0.0800. The number of nitrogens with one attached hydrogen (secondary N) is 1. The third-order valence-electron chi connectivity index (χ3n) is 4.42. The monoisotopic (exact) mass is 240 g/mol. The van der Waals surface area contributed by atoms with Gasteiger partial charge in [-0.15, -0.1) is 0 Å². The smallest absolute Gasteiger partial charge is 0.00135 e. The molecule has 1 fully saturated rings. The van der Waals surface area contributed by atoms with E-state index in [1.165, 1.54) is 71.2 Å². The molecule has 2 heteroatoms. The van der Waals surface area contributed by atoms with E-state index in [1.807, 2.05) is 0 Å². The van der Waals surface area contributed by atoms with Gasteiger partial charge in [-0.2, -0.15) is 0 Å². The lowest BCUT2D eigenvalue weighted by atomic mass is 9.78. The Morgan fingerprint density at radius 2 is 1.76 bits per heavy atom. The van der Waals surface area contributed by atoms with Crippen molar-refractivity contribution in [2.45, 2.75) is 59.3 Å². The molecule has 0 amide bonds. The van der Waals surface area contributed by atoms with Crippen LogP contribution in [0.5, 0.6) is 0 Å². The third kappa shape index (κ3) is 5.87. The van der Waals surface area contributed by atoms with E-state index in [0.717, 1.165) is 0 Å². The van der Waals surface area contributed by atoms with Crippen molar-refractivity contribution in [3.63, 3.8) is 0 Å². The molecule has 0 aromatic carbocycles. The normalized spacial score (nSPS) is 20.6. The summed E-state index contributed by atoms with van der Waals surface area (Å²) in [5.74, 6) is 0. The van der Waals surface area contributed by atoms with E-state index in [1.54, 1.807) is 0 Å². The fourth-order valence-electron chi connectivity index (χ4n) is 2.56. The van der Waals surface area contributed by atoms with E-state index in [0.29, 0.717) is 5.41 Å². The molecule has 1 aliphatic heterocycles. The van der Waals surface area contributed by atoms with E-state index in [2.05, 4.69) is 31.0 Å². The van der Waals surface area contributed by atoms with Crippen LogP contribution in [0.2, 0.25) is 0 Å². The molecule has 1 saturated heterocycles. The summed E-state index contributed by atoms with van der Waals surface area (Å²) < 4.78 is 0. The van der Waals surface area contributed by atoms with Crippen LogP contribution in [0.4, 0.5) is 0 Å². The van der Waals surface area contributed by atoms with Crippen LogP contribution >= 0.6 is 0 Å². The number of nitrogens with zero attached hydrogens (tertiary/aromatic N) is 1. The molecular formula is C15H32N2. The average molecular weight is 240 g/mol. The summed E-state index contributed by atoms with van der Waals surface area (Å²) in [4.78, 5) is 2.66. The van der Waals surface area contributed by atoms with Crippen LogP contribution in [0, 0.1) is 5.41 Å². The minimum atomic E-state index is 0.638. The van der Waals surface area contributed by atoms with Gasteiger partial charge >= 0.3 is 0 Å². The zero-order valence-electron chi connectivity index (χ0n) is 12.2. The van der Waals surface area contributed by atoms with Gasteiger partial charge in [-0.05, 0) is 70.2 Å². The van der Waals surface area contributed by atoms with Crippen molar-refractivity contribution >= 4 is 0 Å². The van der Waals surface area contributed by atoms with Crippen LogP contribution in [-0.4, -0.2) is 37.6 Å². The number of hydrogen-bond donors (Lipinski definition) is 1. The van der Waals surface area contributed by atoms with Crippen LogP contribution in [0.1, 0.15) is 59.3 Å². The molecule has 1 N–H and O–H groups in total. The van der Waals surface area contributed by atoms with Gasteiger partial charge in [0.1, 0.15) is 0 Å². The minimum absolute atomic E-state index is 0.638. The zero-order chi connectivity index (χ0) is 12.6. The van der Waals surface area contributed by atoms with Gasteiger partial charge in [0, 0.05) is 0 Å². The first-order valence-corrected chi connectivity index (χ1v) is 7.63. The van der Waals surface area contributed by atoms with E-state index in [9.17, 15) is 0 Å². The Morgan fingerprint density at radius 3 is 2.35 bits per heavy atom. The lowest BCUT2D eigenvalue weighted by molar-refractivity contribution is 0.113. The van der Waals surface area contributed by atoms with Crippen molar-refractivity contribution in [3.05, 3.63) is 0 Å². The Morgan fingerprint density at radius 1 is 1.06 bits per heavy atom. The summed E-state index contributed by atoms with van der Waals surface area (Å²) >= 11 is 0. The van der Waals surface area contributed by atoms with Crippen LogP contribution in [0.3, 0.4) is 0 Å². The lowest BCUT2D eigenvalue weighted by Gasteiger charge is -2.39. The van der Waals surface area contributed by atoms with E-state index in [4.69, 9.17) is 0 Å². The maximum Gasteiger partial charge on any atom is -0.00135 e. The molecule has 2 nitrogen and oxygen atoms in total. The Bertz CT molecular complexity index is 183. The first kappa shape index (κ1) is 15.0. The molecule has 0 unspecified atom stereocenters. The summed E-state index contributed by atoms with van der Waals surface area (Å²) in [7, 11) is 0. The largest absolute Gasteiger partial charge is 0.317 e. The third-order valence-corrected chi connectivity index (χ3v) is 4.42. The fourth-order valence-corrected chi connectivity index (χ4v) is 2.56. The summed E-state index contributed by atoms with van der Waals surface area (Å²) in [6.45, 7) is 13.4. The number of piperidine rings is 1. The second kappa shape index (κ2) is 8.10. The maximum absolute atomic E-state index is 3.48. The van der Waals surface area contributed by atoms with Crippen LogP contribution in [0.25, 0.3) is 0 Å². The predicted molar refractivity (Wildman–Crippen MR) is 76.5 cm³/mol. The quantitative estimate of drug-likeness (QED) is 0.655. The van der Waals surface area contributed by atoms with Gasteiger partial charge < -0.3 is 10.2 Å². The van der Waals surface area contributed by atoms with E-state index in [-0.39, 0.29) is 0 Å². The fraction of sp³-hybridized carbons (Fsp3) is 1.00. The van der Waals surface area contributed by atoms with Crippen molar-refractivity contribution in [1.82, 2.24) is 10.2 Å². The van der Waals surface area contributed by atoms with Crippen molar-refractivity contribution in [2.24, 2.45) is 5.41 Å². The maximum atomic E-state index is 3.48. The number of hydrogen-bond acceptors (Lipinski definition) is 2. The molecule has 0 aromatic rings. The highest BCUT2D eigenvalue weighted by molar-refractivity contribution is 4.81. The molecule has 0 spiro atoms. The van der Waals surface area contributed by atoms with E-state index < -0.39 is 0 Å². The molecule has 0 aliphatic carbocycles. The first-order valence-electron chi connectivity index (χ1n) is 7.63. The first-order chi connectivity index (χ1) is 8.20. The predicted octanol–water partition coefficient (Wildman–Crippen LogP) is 3.28. The van der Waals surface area contributed by atoms with Crippen molar-refractivity contribution in [2.75, 3.05) is 32.7 Å². The highest BCUT2D eigenvalue weighted by Gasteiger charge is 2.27. The molecular weight excluding hydrogens is 208 g/mol. The topological polar surface area (TPSA) is 15.3 Å². The highest BCUT2D eigenvalue weighted by atomic mass is 15.1. The van der Waals surface area contributed by atoms with Gasteiger partial charge in [0.25, 0.3) is 0 Å². The zero-order valence-corrected chi connectivity index (χ0v) is 12.2. The highest BCUT2D eigenvalue weighted by Crippen LogP contribution is 2.33. The summed E-state index contributed by atoms with van der Waals surface area (Å²) in [5, 5.41) is 3.48. The molecule has 17 heavy (non-hydrogen) atoms. The molecule has 0 saturated carbocycles. The molecule has 1 rings (SSSR count). The van der Waals surface area contributed by atoms with Crippen molar-refractivity contribution in [3.8, 4) is 0 Å². The second-order valence-corrected chi connectivity index (χ2v) is 5.96. The minimum Gasteiger partial charge on any atom is -0.317 e. The van der Waals surface area contributed by atoms with Crippen molar-refractivity contribution in [1.29, 1.82) is 0 Å². The number of likely N-dealkylation sites (tertiary alicyclic amines) is 1. The van der Waals surface area contributed by atoms with Gasteiger partial charge in [-0.1, -0.05) is 27.2 Å². The summed E-state index contributed by atoms with van der Waals surface area (Å²) in [5.41, 5.74) is 0.638. The summed E-state index contributed by atoms with van der Waals surface area (Å²) in [6, 6.07) is 0. The molecule has 0 bridgehead atoms. The van der Waals surface area contributed by atoms with Gasteiger partial charge in [0.15, 0.2) is 0 Å². The van der Waals surface area contributed by atoms with Gasteiger partial charge in [-0.3, -0.25) is 0 Å². The SMILES string of the molecule is CCCNCCCCN1CCC(C)(CC)CC1.